The van der Waals surface area contributed by atoms with Crippen molar-refractivity contribution in [1.82, 2.24) is 9.80 Å². The maximum absolute atomic E-state index is 12.9. The summed E-state index contributed by atoms with van der Waals surface area (Å²) in [5, 5.41) is 2.77. The molecule has 1 N–H and O–H groups in total. The molecule has 2 aromatic rings. The molecule has 160 valence electrons. The van der Waals surface area contributed by atoms with Crippen LogP contribution in [0.25, 0.3) is 0 Å². The van der Waals surface area contributed by atoms with Crippen molar-refractivity contribution in [3.8, 4) is 12.3 Å². The highest BCUT2D eigenvalue weighted by Gasteiger charge is 2.30. The van der Waals surface area contributed by atoms with E-state index in [1.54, 1.807) is 36.2 Å². The van der Waals surface area contributed by atoms with Gasteiger partial charge in [0.1, 0.15) is 0 Å². The first-order valence-electron chi connectivity index (χ1n) is 10.4. The Morgan fingerprint density at radius 3 is 2.68 bits per heavy atom. The third-order valence-electron chi connectivity index (χ3n) is 5.39. The molecule has 1 saturated heterocycles. The van der Waals surface area contributed by atoms with Gasteiger partial charge in [0.05, 0.1) is 18.9 Å². The van der Waals surface area contributed by atoms with E-state index in [4.69, 9.17) is 6.42 Å². The van der Waals surface area contributed by atoms with E-state index in [9.17, 15) is 14.4 Å². The van der Waals surface area contributed by atoms with E-state index in [1.165, 1.54) is 4.90 Å². The second kappa shape index (κ2) is 10.4. The lowest BCUT2D eigenvalue weighted by Crippen LogP contribution is -2.47. The standard InChI is InChI=1S/C25H27N3O3/c1-3-19-11-7-13-22(15-19)26-23(29)18-27(2)25(31)21-12-8-14-28(17-21)24(30)16-20-9-5-4-6-10-20/h1,4-7,9-11,13,15,21H,8,12,14,16-18H2,2H3,(H,26,29). The molecule has 6 nitrogen and oxygen atoms in total. The number of rotatable bonds is 6. The molecule has 1 heterocycles. The van der Waals surface area contributed by atoms with Crippen molar-refractivity contribution < 1.29 is 14.4 Å². The Morgan fingerprint density at radius 1 is 1.16 bits per heavy atom. The van der Waals surface area contributed by atoms with Gasteiger partial charge in [-0.1, -0.05) is 42.3 Å². The lowest BCUT2D eigenvalue weighted by Gasteiger charge is -2.34. The van der Waals surface area contributed by atoms with Crippen molar-refractivity contribution >= 4 is 23.4 Å². The highest BCUT2D eigenvalue weighted by atomic mass is 16.2. The number of carbonyl (C=O) groups excluding carboxylic acids is 3. The van der Waals surface area contributed by atoms with Crippen LogP contribution in [0.4, 0.5) is 5.69 Å². The van der Waals surface area contributed by atoms with E-state index in [-0.39, 0.29) is 30.2 Å². The second-order valence-electron chi connectivity index (χ2n) is 7.81. The normalized spacial score (nSPS) is 15.6. The molecule has 0 bridgehead atoms. The molecule has 3 amide bonds. The first-order chi connectivity index (χ1) is 15.0. The Kier molecular flexibility index (Phi) is 7.45. The number of nitrogens with one attached hydrogen (secondary N) is 1. The van der Waals surface area contributed by atoms with E-state index < -0.39 is 0 Å². The van der Waals surface area contributed by atoms with Crippen LogP contribution in [0.15, 0.2) is 54.6 Å². The Labute approximate surface area is 183 Å². The zero-order valence-electron chi connectivity index (χ0n) is 17.7. The summed E-state index contributed by atoms with van der Waals surface area (Å²) in [6.07, 6.45) is 7.20. The van der Waals surface area contributed by atoms with Crippen LogP contribution in [0.2, 0.25) is 0 Å². The number of nitrogens with zero attached hydrogens (tertiary/aromatic N) is 2. The molecule has 3 rings (SSSR count). The number of piperidine rings is 1. The minimum absolute atomic E-state index is 0.0255. The van der Waals surface area contributed by atoms with Crippen molar-refractivity contribution in [3.05, 3.63) is 65.7 Å². The SMILES string of the molecule is C#Cc1cccc(NC(=O)CN(C)C(=O)C2CCCN(C(=O)Cc3ccccc3)C2)c1. The molecule has 0 aromatic heterocycles. The van der Waals surface area contributed by atoms with E-state index in [0.29, 0.717) is 37.2 Å². The monoisotopic (exact) mass is 417 g/mol. The molecule has 0 spiro atoms. The fourth-order valence-corrected chi connectivity index (χ4v) is 3.78. The van der Waals surface area contributed by atoms with Gasteiger partial charge >= 0.3 is 0 Å². The van der Waals surface area contributed by atoms with Gasteiger partial charge in [-0.2, -0.15) is 0 Å². The zero-order chi connectivity index (χ0) is 22.2. The molecule has 1 atom stereocenters. The largest absolute Gasteiger partial charge is 0.342 e. The summed E-state index contributed by atoms with van der Waals surface area (Å²) in [6.45, 7) is 0.986. The number of amides is 3. The quantitative estimate of drug-likeness (QED) is 0.735. The topological polar surface area (TPSA) is 69.7 Å². The lowest BCUT2D eigenvalue weighted by molar-refractivity contribution is -0.141. The first kappa shape index (κ1) is 22.1. The van der Waals surface area contributed by atoms with Crippen molar-refractivity contribution in [2.45, 2.75) is 19.3 Å². The number of likely N-dealkylation sites (tertiary alicyclic amines) is 1. The van der Waals surface area contributed by atoms with Crippen LogP contribution >= 0.6 is 0 Å². The molecular formula is C25H27N3O3. The van der Waals surface area contributed by atoms with Gasteiger partial charge in [-0.25, -0.2) is 0 Å². The minimum Gasteiger partial charge on any atom is -0.342 e. The fourth-order valence-electron chi connectivity index (χ4n) is 3.78. The van der Waals surface area contributed by atoms with Gasteiger partial charge in [-0.3, -0.25) is 14.4 Å². The van der Waals surface area contributed by atoms with Crippen molar-refractivity contribution in [1.29, 1.82) is 0 Å². The van der Waals surface area contributed by atoms with Gasteiger partial charge in [0, 0.05) is 31.4 Å². The van der Waals surface area contributed by atoms with Gasteiger partial charge in [-0.05, 0) is 36.6 Å². The molecule has 0 radical (unpaired) electrons. The molecule has 2 aromatic carbocycles. The molecule has 31 heavy (non-hydrogen) atoms. The van der Waals surface area contributed by atoms with E-state index in [0.717, 1.165) is 12.0 Å². The molecule has 0 saturated carbocycles. The number of anilines is 1. The predicted molar refractivity (Wildman–Crippen MR) is 120 cm³/mol. The Hall–Kier alpha value is -3.59. The maximum Gasteiger partial charge on any atom is 0.243 e. The van der Waals surface area contributed by atoms with Gasteiger partial charge < -0.3 is 15.1 Å². The van der Waals surface area contributed by atoms with Crippen LogP contribution in [0.1, 0.15) is 24.0 Å². The van der Waals surface area contributed by atoms with Crippen LogP contribution in [-0.2, 0) is 20.8 Å². The Bertz CT molecular complexity index is 981. The number of hydrogen-bond donors (Lipinski definition) is 1. The fraction of sp³-hybridized carbons (Fsp3) is 0.320. The third-order valence-corrected chi connectivity index (χ3v) is 5.39. The summed E-state index contributed by atoms with van der Waals surface area (Å²) < 4.78 is 0. The van der Waals surface area contributed by atoms with Crippen LogP contribution in [0, 0.1) is 18.3 Å². The highest BCUT2D eigenvalue weighted by molar-refractivity contribution is 5.95. The average Bonchev–Trinajstić information content (AvgIpc) is 2.79. The molecule has 1 unspecified atom stereocenters. The second-order valence-corrected chi connectivity index (χ2v) is 7.81. The zero-order valence-corrected chi connectivity index (χ0v) is 17.7. The van der Waals surface area contributed by atoms with Gasteiger partial charge in [-0.15, -0.1) is 6.42 Å². The predicted octanol–water partition coefficient (Wildman–Crippen LogP) is 2.55. The molecule has 1 aliphatic heterocycles. The van der Waals surface area contributed by atoms with E-state index in [2.05, 4.69) is 11.2 Å². The van der Waals surface area contributed by atoms with E-state index in [1.807, 2.05) is 30.3 Å². The number of likely N-dealkylation sites (N-methyl/N-ethyl adjacent to an activating group) is 1. The Morgan fingerprint density at radius 2 is 1.94 bits per heavy atom. The summed E-state index contributed by atoms with van der Waals surface area (Å²) in [4.78, 5) is 41.1. The Balaban J connectivity index is 1.52. The number of benzene rings is 2. The van der Waals surface area contributed by atoms with Gasteiger partial charge in [0.15, 0.2) is 0 Å². The summed E-state index contributed by atoms with van der Waals surface area (Å²) in [6, 6.07) is 16.6. The number of hydrogen-bond acceptors (Lipinski definition) is 3. The van der Waals surface area contributed by atoms with Gasteiger partial charge in [0.2, 0.25) is 17.7 Å². The third kappa shape index (κ3) is 6.19. The molecule has 0 aliphatic carbocycles. The summed E-state index contributed by atoms with van der Waals surface area (Å²) in [5.74, 6) is 1.84. The summed E-state index contributed by atoms with van der Waals surface area (Å²) >= 11 is 0. The van der Waals surface area contributed by atoms with Crippen LogP contribution in [-0.4, -0.2) is 54.2 Å². The molecule has 1 aliphatic rings. The highest BCUT2D eigenvalue weighted by Crippen LogP contribution is 2.20. The van der Waals surface area contributed by atoms with Crippen LogP contribution < -0.4 is 5.32 Å². The molecular weight excluding hydrogens is 390 g/mol. The summed E-state index contributed by atoms with van der Waals surface area (Å²) in [5.41, 5.74) is 2.23. The van der Waals surface area contributed by atoms with Crippen LogP contribution in [0.3, 0.4) is 0 Å². The van der Waals surface area contributed by atoms with Crippen molar-refractivity contribution in [2.24, 2.45) is 5.92 Å². The van der Waals surface area contributed by atoms with E-state index >= 15 is 0 Å². The maximum atomic E-state index is 12.9. The average molecular weight is 418 g/mol. The minimum atomic E-state index is -0.295. The number of carbonyl (C=O) groups is 3. The van der Waals surface area contributed by atoms with Crippen molar-refractivity contribution in [2.75, 3.05) is 32.0 Å². The summed E-state index contributed by atoms with van der Waals surface area (Å²) in [7, 11) is 1.62. The van der Waals surface area contributed by atoms with Gasteiger partial charge in [0.25, 0.3) is 0 Å². The van der Waals surface area contributed by atoms with Crippen molar-refractivity contribution in [3.63, 3.8) is 0 Å². The molecule has 1 fully saturated rings. The lowest BCUT2D eigenvalue weighted by atomic mass is 9.96. The smallest absolute Gasteiger partial charge is 0.243 e. The number of terminal acetylenes is 1. The molecule has 6 heteroatoms. The van der Waals surface area contributed by atoms with Crippen LogP contribution in [0.5, 0.6) is 0 Å². The first-order valence-corrected chi connectivity index (χ1v) is 10.4.